The van der Waals surface area contributed by atoms with Crippen molar-refractivity contribution in [1.82, 2.24) is 0 Å². The monoisotopic (exact) mass is 273 g/mol. The van der Waals surface area contributed by atoms with Gasteiger partial charge in [0.15, 0.2) is 0 Å². The molecule has 0 atom stereocenters. The molecule has 0 saturated carbocycles. The molecule has 0 saturated heterocycles. The van der Waals surface area contributed by atoms with Crippen molar-refractivity contribution in [3.8, 4) is 5.75 Å². The maximum Gasteiger partial charge on any atom is 0.142 e. The van der Waals surface area contributed by atoms with Crippen LogP contribution in [-0.2, 0) is 6.61 Å². The highest BCUT2D eigenvalue weighted by Gasteiger charge is 2.20. The van der Waals surface area contributed by atoms with Crippen molar-refractivity contribution in [2.45, 2.75) is 13.0 Å². The largest absolute Gasteiger partial charge is 0.491 e. The van der Waals surface area contributed by atoms with Crippen LogP contribution in [-0.4, -0.2) is 18.3 Å². The molecular formula is C16H16FNO2. The molecule has 2 aromatic rings. The van der Waals surface area contributed by atoms with Gasteiger partial charge in [-0.3, -0.25) is 0 Å². The van der Waals surface area contributed by atoms with E-state index in [0.29, 0.717) is 17.9 Å². The molecule has 3 nitrogen and oxygen atoms in total. The standard InChI is InChI=1S/C16H16FNO2/c17-13-5-3-7-14(12(13)11-19)18-9-4-10-20-16-8-2-1-6-15(16)18/h1-3,5-8,19H,4,9-11H2. The Bertz CT molecular complexity index is 615. The lowest BCUT2D eigenvalue weighted by Gasteiger charge is -2.26. The van der Waals surface area contributed by atoms with Gasteiger partial charge in [-0.2, -0.15) is 0 Å². The molecule has 1 aliphatic rings. The van der Waals surface area contributed by atoms with E-state index in [4.69, 9.17) is 4.74 Å². The van der Waals surface area contributed by atoms with Crippen LogP contribution in [0.3, 0.4) is 0 Å². The van der Waals surface area contributed by atoms with Gasteiger partial charge in [0, 0.05) is 17.8 Å². The number of para-hydroxylation sites is 2. The van der Waals surface area contributed by atoms with Gasteiger partial charge in [-0.15, -0.1) is 0 Å². The van der Waals surface area contributed by atoms with E-state index in [1.54, 1.807) is 6.07 Å². The van der Waals surface area contributed by atoms with Gasteiger partial charge in [0.25, 0.3) is 0 Å². The number of hydrogen-bond donors (Lipinski definition) is 1. The molecule has 0 radical (unpaired) electrons. The first kappa shape index (κ1) is 12.9. The van der Waals surface area contributed by atoms with Gasteiger partial charge in [0.1, 0.15) is 11.6 Å². The lowest BCUT2D eigenvalue weighted by Crippen LogP contribution is -2.19. The fraction of sp³-hybridized carbons (Fsp3) is 0.250. The predicted octanol–water partition coefficient (Wildman–Crippen LogP) is 3.24. The number of fused-ring (bicyclic) bond motifs is 1. The Kier molecular flexibility index (Phi) is 3.56. The highest BCUT2D eigenvalue weighted by atomic mass is 19.1. The molecule has 1 aliphatic heterocycles. The third-order valence-corrected chi connectivity index (χ3v) is 3.48. The summed E-state index contributed by atoms with van der Waals surface area (Å²) in [5.74, 6) is 0.408. The molecule has 0 spiro atoms. The van der Waals surface area contributed by atoms with Crippen LogP contribution in [0.2, 0.25) is 0 Å². The highest BCUT2D eigenvalue weighted by Crippen LogP contribution is 2.37. The van der Waals surface area contributed by atoms with E-state index in [1.165, 1.54) is 6.07 Å². The summed E-state index contributed by atoms with van der Waals surface area (Å²) < 4.78 is 19.6. The Morgan fingerprint density at radius 2 is 1.90 bits per heavy atom. The third-order valence-electron chi connectivity index (χ3n) is 3.48. The maximum atomic E-state index is 13.9. The minimum Gasteiger partial charge on any atom is -0.491 e. The van der Waals surface area contributed by atoms with Crippen molar-refractivity contribution in [2.24, 2.45) is 0 Å². The van der Waals surface area contributed by atoms with Crippen molar-refractivity contribution < 1.29 is 14.2 Å². The van der Waals surface area contributed by atoms with Crippen molar-refractivity contribution in [3.63, 3.8) is 0 Å². The molecule has 1 heterocycles. The Hall–Kier alpha value is -2.07. The second-order valence-corrected chi connectivity index (χ2v) is 4.72. The third kappa shape index (κ3) is 2.23. The van der Waals surface area contributed by atoms with Crippen LogP contribution in [0.4, 0.5) is 15.8 Å². The van der Waals surface area contributed by atoms with Crippen molar-refractivity contribution in [3.05, 3.63) is 53.8 Å². The van der Waals surface area contributed by atoms with Gasteiger partial charge in [-0.1, -0.05) is 18.2 Å². The number of nitrogens with zero attached hydrogens (tertiary/aromatic N) is 1. The summed E-state index contributed by atoms with van der Waals surface area (Å²) in [6.45, 7) is 1.05. The van der Waals surface area contributed by atoms with Gasteiger partial charge in [-0.25, -0.2) is 4.39 Å². The summed E-state index contributed by atoms with van der Waals surface area (Å²) in [6.07, 6.45) is 0.843. The van der Waals surface area contributed by atoms with Gasteiger partial charge < -0.3 is 14.7 Å². The number of ether oxygens (including phenoxy) is 1. The first-order valence-corrected chi connectivity index (χ1v) is 6.69. The van der Waals surface area contributed by atoms with Crippen LogP contribution in [0.1, 0.15) is 12.0 Å². The summed E-state index contributed by atoms with van der Waals surface area (Å²) >= 11 is 0. The minimum atomic E-state index is -0.382. The van der Waals surface area contributed by atoms with E-state index in [9.17, 15) is 9.50 Å². The number of rotatable bonds is 2. The van der Waals surface area contributed by atoms with E-state index in [2.05, 4.69) is 0 Å². The fourth-order valence-electron chi connectivity index (χ4n) is 2.53. The van der Waals surface area contributed by atoms with Crippen molar-refractivity contribution in [1.29, 1.82) is 0 Å². The van der Waals surface area contributed by atoms with Crippen molar-refractivity contribution >= 4 is 11.4 Å². The lowest BCUT2D eigenvalue weighted by atomic mass is 10.1. The summed E-state index contributed by atoms with van der Waals surface area (Å²) in [4.78, 5) is 2.01. The second kappa shape index (κ2) is 5.51. The zero-order valence-corrected chi connectivity index (χ0v) is 11.1. The smallest absolute Gasteiger partial charge is 0.142 e. The fourth-order valence-corrected chi connectivity index (χ4v) is 2.53. The number of halogens is 1. The van der Waals surface area contributed by atoms with Crippen LogP contribution >= 0.6 is 0 Å². The van der Waals surface area contributed by atoms with E-state index < -0.39 is 0 Å². The zero-order valence-electron chi connectivity index (χ0n) is 11.1. The SMILES string of the molecule is OCc1c(F)cccc1N1CCCOc2ccccc21. The molecule has 2 aromatic carbocycles. The summed E-state index contributed by atoms with van der Waals surface area (Å²) in [5, 5.41) is 9.45. The maximum absolute atomic E-state index is 13.9. The first-order valence-electron chi connectivity index (χ1n) is 6.69. The lowest BCUT2D eigenvalue weighted by molar-refractivity contribution is 0.276. The number of benzene rings is 2. The van der Waals surface area contributed by atoms with Gasteiger partial charge >= 0.3 is 0 Å². The molecule has 3 rings (SSSR count). The number of aliphatic hydroxyl groups is 1. The second-order valence-electron chi connectivity index (χ2n) is 4.72. The first-order chi connectivity index (χ1) is 9.81. The van der Waals surface area contributed by atoms with Crippen LogP contribution in [0.5, 0.6) is 5.75 Å². The van der Waals surface area contributed by atoms with E-state index in [1.807, 2.05) is 35.2 Å². The zero-order chi connectivity index (χ0) is 13.9. The Balaban J connectivity index is 2.12. The van der Waals surface area contributed by atoms with E-state index in [0.717, 1.165) is 24.4 Å². The van der Waals surface area contributed by atoms with Crippen molar-refractivity contribution in [2.75, 3.05) is 18.1 Å². The average Bonchev–Trinajstić information content (AvgIpc) is 2.69. The number of hydrogen-bond acceptors (Lipinski definition) is 3. The molecule has 104 valence electrons. The molecule has 0 aromatic heterocycles. The molecule has 0 unspecified atom stereocenters. The summed E-state index contributed by atoms with van der Waals surface area (Å²) in [6, 6.07) is 12.6. The number of aliphatic hydroxyl groups excluding tert-OH is 1. The summed E-state index contributed by atoms with van der Waals surface area (Å²) in [7, 11) is 0. The molecule has 0 fully saturated rings. The highest BCUT2D eigenvalue weighted by molar-refractivity contribution is 5.71. The molecule has 0 amide bonds. The van der Waals surface area contributed by atoms with Gasteiger partial charge in [0.05, 0.1) is 18.9 Å². The molecule has 0 aliphatic carbocycles. The van der Waals surface area contributed by atoms with Gasteiger partial charge in [0.2, 0.25) is 0 Å². The van der Waals surface area contributed by atoms with E-state index >= 15 is 0 Å². The molecule has 0 bridgehead atoms. The van der Waals surface area contributed by atoms with Crippen LogP contribution in [0, 0.1) is 5.82 Å². The molecule has 1 N–H and O–H groups in total. The number of anilines is 2. The molecule has 20 heavy (non-hydrogen) atoms. The Labute approximate surface area is 117 Å². The minimum absolute atomic E-state index is 0.318. The molecular weight excluding hydrogens is 257 g/mol. The Morgan fingerprint density at radius 1 is 1.10 bits per heavy atom. The van der Waals surface area contributed by atoms with Crippen LogP contribution in [0.25, 0.3) is 0 Å². The average molecular weight is 273 g/mol. The normalized spacial score (nSPS) is 14.4. The van der Waals surface area contributed by atoms with Crippen LogP contribution in [0.15, 0.2) is 42.5 Å². The van der Waals surface area contributed by atoms with Crippen LogP contribution < -0.4 is 9.64 Å². The topological polar surface area (TPSA) is 32.7 Å². The summed E-state index contributed by atoms with van der Waals surface area (Å²) in [5.41, 5.74) is 1.93. The Morgan fingerprint density at radius 3 is 2.75 bits per heavy atom. The molecule has 4 heteroatoms. The quantitative estimate of drug-likeness (QED) is 0.911. The predicted molar refractivity (Wildman–Crippen MR) is 75.9 cm³/mol. The van der Waals surface area contributed by atoms with Gasteiger partial charge in [-0.05, 0) is 30.7 Å². The van der Waals surface area contributed by atoms with E-state index in [-0.39, 0.29) is 12.4 Å².